The summed E-state index contributed by atoms with van der Waals surface area (Å²) in [6.07, 6.45) is 3.51. The van der Waals surface area contributed by atoms with E-state index in [1.54, 1.807) is 18.5 Å². The molecule has 0 aliphatic carbocycles. The SMILES string of the molecule is CC(NCc1csc([N+](=O)[O-])c1)c1ccncc1. The molecule has 0 bridgehead atoms. The summed E-state index contributed by atoms with van der Waals surface area (Å²) in [5.74, 6) is 0. The smallest absolute Gasteiger partial charge is 0.306 e. The van der Waals surface area contributed by atoms with E-state index < -0.39 is 0 Å². The lowest BCUT2D eigenvalue weighted by molar-refractivity contribution is -0.380. The Morgan fingerprint density at radius 1 is 1.50 bits per heavy atom. The highest BCUT2D eigenvalue weighted by molar-refractivity contribution is 7.13. The van der Waals surface area contributed by atoms with Crippen LogP contribution >= 0.6 is 11.3 Å². The van der Waals surface area contributed by atoms with Crippen molar-refractivity contribution in [3.05, 3.63) is 57.2 Å². The first-order chi connectivity index (χ1) is 8.66. The number of pyridine rings is 1. The van der Waals surface area contributed by atoms with Crippen molar-refractivity contribution in [3.8, 4) is 0 Å². The maximum atomic E-state index is 10.6. The third-order valence-electron chi connectivity index (χ3n) is 2.64. The molecule has 1 N–H and O–H groups in total. The molecular weight excluding hydrogens is 250 g/mol. The van der Waals surface area contributed by atoms with Gasteiger partial charge in [-0.1, -0.05) is 11.3 Å². The van der Waals surface area contributed by atoms with Gasteiger partial charge in [-0.2, -0.15) is 0 Å². The molecule has 18 heavy (non-hydrogen) atoms. The van der Waals surface area contributed by atoms with E-state index in [0.717, 1.165) is 22.5 Å². The summed E-state index contributed by atoms with van der Waals surface area (Å²) in [7, 11) is 0. The molecule has 2 aromatic rings. The van der Waals surface area contributed by atoms with Gasteiger partial charge < -0.3 is 5.32 Å². The first kappa shape index (κ1) is 12.7. The molecule has 0 fully saturated rings. The third kappa shape index (κ3) is 3.12. The van der Waals surface area contributed by atoms with Gasteiger partial charge >= 0.3 is 5.00 Å². The van der Waals surface area contributed by atoms with Gasteiger partial charge in [-0.3, -0.25) is 15.1 Å². The van der Waals surface area contributed by atoms with Gasteiger partial charge in [0.15, 0.2) is 0 Å². The van der Waals surface area contributed by atoms with Gasteiger partial charge in [0, 0.05) is 36.4 Å². The van der Waals surface area contributed by atoms with E-state index in [1.807, 2.05) is 17.5 Å². The number of aromatic nitrogens is 1. The Kier molecular flexibility index (Phi) is 4.01. The number of hydrogen-bond donors (Lipinski definition) is 1. The van der Waals surface area contributed by atoms with Crippen LogP contribution in [0.4, 0.5) is 5.00 Å². The summed E-state index contributed by atoms with van der Waals surface area (Å²) in [5, 5.41) is 15.9. The highest BCUT2D eigenvalue weighted by Gasteiger charge is 2.10. The van der Waals surface area contributed by atoms with Crippen LogP contribution in [0.15, 0.2) is 36.0 Å². The van der Waals surface area contributed by atoms with Crippen molar-refractivity contribution in [1.82, 2.24) is 10.3 Å². The van der Waals surface area contributed by atoms with Gasteiger partial charge in [-0.15, -0.1) is 0 Å². The molecule has 2 rings (SSSR count). The fourth-order valence-corrected chi connectivity index (χ4v) is 2.32. The number of nitrogens with one attached hydrogen (secondary N) is 1. The minimum absolute atomic E-state index is 0.184. The van der Waals surface area contributed by atoms with E-state index in [9.17, 15) is 10.1 Å². The van der Waals surface area contributed by atoms with Crippen LogP contribution in [-0.4, -0.2) is 9.91 Å². The summed E-state index contributed by atoms with van der Waals surface area (Å²) >= 11 is 1.16. The first-order valence-corrected chi connectivity index (χ1v) is 6.40. The topological polar surface area (TPSA) is 68.1 Å². The normalized spacial score (nSPS) is 12.3. The van der Waals surface area contributed by atoms with Crippen LogP contribution < -0.4 is 5.32 Å². The summed E-state index contributed by atoms with van der Waals surface area (Å²) in [6, 6.07) is 5.70. The second-order valence-electron chi connectivity index (χ2n) is 3.93. The van der Waals surface area contributed by atoms with Crippen LogP contribution in [0, 0.1) is 10.1 Å². The Morgan fingerprint density at radius 2 is 2.22 bits per heavy atom. The van der Waals surface area contributed by atoms with Crippen molar-refractivity contribution in [2.75, 3.05) is 0 Å². The molecule has 0 spiro atoms. The number of nitro groups is 1. The highest BCUT2D eigenvalue weighted by Crippen LogP contribution is 2.23. The zero-order chi connectivity index (χ0) is 13.0. The Bertz CT molecular complexity index is 527. The van der Waals surface area contributed by atoms with Gasteiger partial charge in [-0.25, -0.2) is 0 Å². The van der Waals surface area contributed by atoms with Crippen molar-refractivity contribution in [3.63, 3.8) is 0 Å². The number of thiophene rings is 1. The zero-order valence-electron chi connectivity index (χ0n) is 9.87. The van der Waals surface area contributed by atoms with Crippen molar-refractivity contribution in [1.29, 1.82) is 0 Å². The average Bonchev–Trinajstić information content (AvgIpc) is 2.86. The van der Waals surface area contributed by atoms with Crippen LogP contribution in [0.2, 0.25) is 0 Å². The second-order valence-corrected chi connectivity index (χ2v) is 4.82. The molecule has 0 amide bonds. The summed E-state index contributed by atoms with van der Waals surface area (Å²) in [5.41, 5.74) is 2.09. The fourth-order valence-electron chi connectivity index (χ4n) is 1.59. The molecule has 0 aliphatic heterocycles. The molecule has 2 aromatic heterocycles. The Labute approximate surface area is 109 Å². The highest BCUT2D eigenvalue weighted by atomic mass is 32.1. The zero-order valence-corrected chi connectivity index (χ0v) is 10.7. The molecule has 0 saturated heterocycles. The van der Waals surface area contributed by atoms with Crippen LogP contribution in [0.1, 0.15) is 24.1 Å². The maximum Gasteiger partial charge on any atom is 0.324 e. The second kappa shape index (κ2) is 5.70. The molecule has 0 aliphatic rings. The van der Waals surface area contributed by atoms with Crippen LogP contribution in [0.3, 0.4) is 0 Å². The van der Waals surface area contributed by atoms with Gasteiger partial charge in [0.2, 0.25) is 0 Å². The Morgan fingerprint density at radius 3 is 2.83 bits per heavy atom. The molecule has 2 heterocycles. The lowest BCUT2D eigenvalue weighted by Gasteiger charge is -2.12. The van der Waals surface area contributed by atoms with Gasteiger partial charge in [0.05, 0.1) is 4.92 Å². The van der Waals surface area contributed by atoms with Gasteiger partial charge in [-0.05, 0) is 30.2 Å². The minimum Gasteiger partial charge on any atom is -0.306 e. The van der Waals surface area contributed by atoms with Crippen molar-refractivity contribution >= 4 is 16.3 Å². The first-order valence-electron chi connectivity index (χ1n) is 5.52. The van der Waals surface area contributed by atoms with Crippen LogP contribution in [0.5, 0.6) is 0 Å². The van der Waals surface area contributed by atoms with Crippen LogP contribution in [0.25, 0.3) is 0 Å². The van der Waals surface area contributed by atoms with E-state index in [2.05, 4.69) is 17.2 Å². The summed E-state index contributed by atoms with van der Waals surface area (Å²) in [4.78, 5) is 14.2. The number of rotatable bonds is 5. The van der Waals surface area contributed by atoms with Gasteiger partial charge in [0.25, 0.3) is 0 Å². The van der Waals surface area contributed by atoms with E-state index in [0.29, 0.717) is 6.54 Å². The van der Waals surface area contributed by atoms with E-state index in [-0.39, 0.29) is 16.0 Å². The standard InChI is InChI=1S/C12H13N3O2S/c1-9(11-2-4-13-5-3-11)14-7-10-6-12(15(16)17)18-8-10/h2-6,8-9,14H,7H2,1H3. The van der Waals surface area contributed by atoms with E-state index in [1.165, 1.54) is 0 Å². The molecule has 6 heteroatoms. The molecule has 1 atom stereocenters. The monoisotopic (exact) mass is 263 g/mol. The molecule has 0 aromatic carbocycles. The predicted molar refractivity (Wildman–Crippen MR) is 70.5 cm³/mol. The molecule has 0 radical (unpaired) electrons. The van der Waals surface area contributed by atoms with Crippen molar-refractivity contribution in [2.45, 2.75) is 19.5 Å². The molecule has 0 saturated carbocycles. The summed E-state index contributed by atoms with van der Waals surface area (Å²) in [6.45, 7) is 2.67. The Hall–Kier alpha value is -1.79. The molecule has 1 unspecified atom stereocenters. The largest absolute Gasteiger partial charge is 0.324 e. The van der Waals surface area contributed by atoms with E-state index >= 15 is 0 Å². The lowest BCUT2D eigenvalue weighted by Crippen LogP contribution is -2.17. The van der Waals surface area contributed by atoms with Crippen molar-refractivity contribution in [2.24, 2.45) is 0 Å². The quantitative estimate of drug-likeness (QED) is 0.665. The molecular formula is C12H13N3O2S. The Balaban J connectivity index is 1.93. The third-order valence-corrected chi connectivity index (χ3v) is 3.57. The van der Waals surface area contributed by atoms with Crippen LogP contribution in [-0.2, 0) is 6.54 Å². The molecule has 94 valence electrons. The minimum atomic E-state index is -0.361. The fraction of sp³-hybridized carbons (Fsp3) is 0.250. The number of nitrogens with zero attached hydrogens (tertiary/aromatic N) is 2. The number of hydrogen-bond acceptors (Lipinski definition) is 5. The molecule has 5 nitrogen and oxygen atoms in total. The summed E-state index contributed by atoms with van der Waals surface area (Å²) < 4.78 is 0. The van der Waals surface area contributed by atoms with Gasteiger partial charge in [0.1, 0.15) is 0 Å². The van der Waals surface area contributed by atoms with E-state index in [4.69, 9.17) is 0 Å². The lowest BCUT2D eigenvalue weighted by atomic mass is 10.1. The predicted octanol–water partition coefficient (Wildman–Crippen LogP) is 2.90. The average molecular weight is 263 g/mol. The maximum absolute atomic E-state index is 10.6. The van der Waals surface area contributed by atoms with Crippen molar-refractivity contribution < 1.29 is 4.92 Å².